The van der Waals surface area contributed by atoms with Crippen molar-refractivity contribution in [2.45, 2.75) is 18.8 Å². The van der Waals surface area contributed by atoms with E-state index in [9.17, 15) is 24.4 Å². The van der Waals surface area contributed by atoms with Crippen molar-refractivity contribution in [2.24, 2.45) is 0 Å². The van der Waals surface area contributed by atoms with Crippen LogP contribution in [-0.2, 0) is 21.2 Å². The number of aliphatic hydroxyl groups is 1. The fourth-order valence-electron chi connectivity index (χ4n) is 3.08. The van der Waals surface area contributed by atoms with E-state index in [1.807, 2.05) is 0 Å². The smallest absolute Gasteiger partial charge is 0.364 e. The summed E-state index contributed by atoms with van der Waals surface area (Å²) in [6, 6.07) is 14.0. The Hall–Kier alpha value is -2.78. The topological polar surface area (TPSA) is 122 Å². The van der Waals surface area contributed by atoms with Gasteiger partial charge in [-0.1, -0.05) is 16.7 Å². The minimum absolute atomic E-state index is 0.00836. The molecule has 0 saturated heterocycles. The van der Waals surface area contributed by atoms with Gasteiger partial charge >= 0.3 is 14.4 Å². The van der Waals surface area contributed by atoms with Gasteiger partial charge in [-0.3, -0.25) is 4.79 Å². The summed E-state index contributed by atoms with van der Waals surface area (Å²) in [5.74, 6) is -0.637. The number of ether oxygens (including phenoxy) is 2. The van der Waals surface area contributed by atoms with Crippen LogP contribution in [0.25, 0.3) is 0 Å². The van der Waals surface area contributed by atoms with Gasteiger partial charge in [0.25, 0.3) is 11.2 Å². The molecule has 3 aromatic carbocycles. The van der Waals surface area contributed by atoms with Crippen molar-refractivity contribution in [3.8, 4) is 17.2 Å². The number of aromatic hydroxyl groups is 1. The zero-order chi connectivity index (χ0) is 25.8. The van der Waals surface area contributed by atoms with E-state index < -0.39 is 25.7 Å². The molecule has 0 fully saturated rings. The van der Waals surface area contributed by atoms with Crippen LogP contribution in [0.3, 0.4) is 0 Å². The van der Waals surface area contributed by atoms with Crippen LogP contribution < -0.4 is 10.1 Å². The van der Waals surface area contributed by atoms with Crippen LogP contribution in [-0.4, -0.2) is 29.2 Å². The van der Waals surface area contributed by atoms with Crippen LogP contribution in [0.4, 0.5) is 0 Å². The lowest BCUT2D eigenvalue weighted by Gasteiger charge is -2.15. The second kappa shape index (κ2) is 11.3. The number of carbonyl (C=O) groups excluding carboxylic acids is 2. The van der Waals surface area contributed by atoms with Crippen LogP contribution in [0.5, 0.6) is 17.2 Å². The van der Waals surface area contributed by atoms with Crippen LogP contribution >= 0.6 is 40.3 Å². The van der Waals surface area contributed by atoms with Crippen LogP contribution in [0.15, 0.2) is 63.5 Å². The fourth-order valence-corrected chi connectivity index (χ4v) is 4.69. The van der Waals surface area contributed by atoms with Gasteiger partial charge in [0.15, 0.2) is 5.75 Å². The predicted octanol–water partition coefficient (Wildman–Crippen LogP) is 5.62. The highest BCUT2D eigenvalue weighted by Crippen LogP contribution is 2.42. The molecule has 3 rings (SSSR count). The monoisotopic (exact) mass is 624 g/mol. The molecule has 2 atom stereocenters. The molecular formula is C24H21Br2NO7P+. The maximum Gasteiger partial charge on any atom is 0.364 e. The number of amides is 1. The van der Waals surface area contributed by atoms with Crippen molar-refractivity contribution in [2.75, 3.05) is 7.11 Å². The van der Waals surface area contributed by atoms with Gasteiger partial charge in [-0.25, -0.2) is 4.79 Å². The van der Waals surface area contributed by atoms with Crippen molar-refractivity contribution in [3.63, 3.8) is 0 Å². The quantitative estimate of drug-likeness (QED) is 0.220. The van der Waals surface area contributed by atoms with Gasteiger partial charge in [0.1, 0.15) is 11.5 Å². The van der Waals surface area contributed by atoms with Crippen molar-refractivity contribution in [1.29, 1.82) is 0 Å². The average molecular weight is 626 g/mol. The van der Waals surface area contributed by atoms with E-state index in [2.05, 4.69) is 37.2 Å². The maximum atomic E-state index is 12.7. The number of rotatable bonds is 8. The molecule has 0 saturated carbocycles. The number of phenolic OH excluding ortho intramolecular Hbond substituents is 1. The number of nitrogens with one attached hydrogen (secondary N) is 1. The van der Waals surface area contributed by atoms with Gasteiger partial charge in [0, 0.05) is 19.0 Å². The molecule has 0 heterocycles. The molecule has 3 N–H and O–H groups in total. The van der Waals surface area contributed by atoms with Crippen LogP contribution in [0.2, 0.25) is 0 Å². The average Bonchev–Trinajstić information content (AvgIpc) is 2.85. The van der Waals surface area contributed by atoms with Gasteiger partial charge in [-0.15, -0.1) is 0 Å². The lowest BCUT2D eigenvalue weighted by atomic mass is 10.1. The largest absolute Gasteiger partial charge is 0.507 e. The molecule has 1 amide bonds. The summed E-state index contributed by atoms with van der Waals surface area (Å²) in [6.45, 7) is 1.55. The van der Waals surface area contributed by atoms with Crippen LogP contribution in [0.1, 0.15) is 38.8 Å². The van der Waals surface area contributed by atoms with E-state index in [0.717, 1.165) is 0 Å². The minimum atomic E-state index is -1.52. The highest BCUT2D eigenvalue weighted by Gasteiger charge is 2.33. The summed E-state index contributed by atoms with van der Waals surface area (Å²) in [5, 5.41) is 21.7. The Morgan fingerprint density at radius 3 is 2.40 bits per heavy atom. The number of hydrogen-bond donors (Lipinski definition) is 3. The molecule has 35 heavy (non-hydrogen) atoms. The highest BCUT2D eigenvalue weighted by atomic mass is 79.9. The number of methoxy groups -OCH3 is 1. The fraction of sp³-hybridized carbons (Fsp3) is 0.167. The lowest BCUT2D eigenvalue weighted by molar-refractivity contribution is 0.0600. The summed E-state index contributed by atoms with van der Waals surface area (Å²) in [5.41, 5.74) is 1.44. The number of hydrogen-bond acceptors (Lipinski definition) is 7. The molecule has 0 aliphatic carbocycles. The van der Waals surface area contributed by atoms with Gasteiger partial charge in [0.05, 0.1) is 27.2 Å². The van der Waals surface area contributed by atoms with Gasteiger partial charge in [-0.2, -0.15) is 0 Å². The standard InChI is InChI=1S/C24H20Br2NO7P/c1-24(31,35-32)15-9-18(25)21(19(26)10-15)34-16-6-7-20(28)17(11-16)22(29)27-12-13-4-3-5-14(8-13)23(30)33-2/h3-11,28,31H,12H2,1-2H3,(H,27,29)/p+1. The summed E-state index contributed by atoms with van der Waals surface area (Å²) in [6.07, 6.45) is 0. The maximum absolute atomic E-state index is 12.7. The molecule has 0 aliphatic heterocycles. The molecule has 2 unspecified atom stereocenters. The number of esters is 1. The molecule has 8 nitrogen and oxygen atoms in total. The second-order valence-corrected chi connectivity index (χ2v) is 10.5. The molecule has 3 aromatic rings. The number of carbonyl (C=O) groups is 2. The zero-order valence-electron chi connectivity index (χ0n) is 18.6. The molecule has 182 valence electrons. The SMILES string of the molecule is COC(=O)c1cccc(CNC(=O)c2cc(Oc3c(Br)cc(C(C)(O)[PH+]=O)cc3Br)ccc2O)c1. The molecule has 11 heteroatoms. The predicted molar refractivity (Wildman–Crippen MR) is 138 cm³/mol. The van der Waals surface area contributed by atoms with E-state index >= 15 is 0 Å². The second-order valence-electron chi connectivity index (χ2n) is 7.60. The van der Waals surface area contributed by atoms with Gasteiger partial charge in [0.2, 0.25) is 0 Å². The third-order valence-electron chi connectivity index (χ3n) is 4.99. The van der Waals surface area contributed by atoms with Crippen molar-refractivity contribution >= 4 is 52.2 Å². The number of phenols is 1. The molecule has 0 aliphatic rings. The third kappa shape index (κ3) is 6.46. The first-order valence-electron chi connectivity index (χ1n) is 10.1. The first kappa shape index (κ1) is 26.8. The number of halogens is 2. The van der Waals surface area contributed by atoms with Crippen molar-refractivity contribution in [3.05, 3.63) is 85.8 Å². The van der Waals surface area contributed by atoms with Gasteiger partial charge in [-0.05, 0) is 79.9 Å². The molecular weight excluding hydrogens is 605 g/mol. The Morgan fingerprint density at radius 2 is 1.77 bits per heavy atom. The van der Waals surface area contributed by atoms with E-state index in [-0.39, 0.29) is 23.6 Å². The first-order valence-corrected chi connectivity index (χ1v) is 12.6. The Morgan fingerprint density at radius 1 is 1.09 bits per heavy atom. The Labute approximate surface area is 219 Å². The first-order chi connectivity index (χ1) is 16.6. The summed E-state index contributed by atoms with van der Waals surface area (Å²) < 4.78 is 22.9. The lowest BCUT2D eigenvalue weighted by Crippen LogP contribution is -2.23. The molecule has 0 aromatic heterocycles. The van der Waals surface area contributed by atoms with Crippen molar-refractivity contribution < 1.29 is 33.8 Å². The van der Waals surface area contributed by atoms with Crippen molar-refractivity contribution in [1.82, 2.24) is 5.32 Å². The summed E-state index contributed by atoms with van der Waals surface area (Å²) in [4.78, 5) is 24.4. The summed E-state index contributed by atoms with van der Waals surface area (Å²) in [7, 11) is 0.322. The van der Waals surface area contributed by atoms with Gasteiger partial charge < -0.3 is 25.0 Å². The Kier molecular flexibility index (Phi) is 8.66. The highest BCUT2D eigenvalue weighted by molar-refractivity contribution is 9.11. The summed E-state index contributed by atoms with van der Waals surface area (Å²) >= 11 is 6.77. The third-order valence-corrected chi connectivity index (χ3v) is 6.86. The zero-order valence-corrected chi connectivity index (χ0v) is 22.8. The molecule has 0 spiro atoms. The molecule has 0 radical (unpaired) electrons. The van der Waals surface area contributed by atoms with Crippen LogP contribution in [0, 0.1) is 0 Å². The molecule has 0 bridgehead atoms. The van der Waals surface area contributed by atoms with E-state index in [1.54, 1.807) is 36.4 Å². The Bertz CT molecular complexity index is 1270. The van der Waals surface area contributed by atoms with E-state index in [0.29, 0.717) is 31.4 Å². The normalized spacial score (nSPS) is 12.6. The minimum Gasteiger partial charge on any atom is -0.507 e. The van der Waals surface area contributed by atoms with E-state index in [4.69, 9.17) is 9.47 Å². The number of benzene rings is 3. The van der Waals surface area contributed by atoms with E-state index in [1.165, 1.54) is 32.2 Å². The Balaban J connectivity index is 1.79.